The van der Waals surface area contributed by atoms with Crippen LogP contribution in [0.4, 0.5) is 4.79 Å². The van der Waals surface area contributed by atoms with E-state index in [1.807, 2.05) is 13.8 Å². The second kappa shape index (κ2) is 17.1. The SMILES string of the molecule is CCCOC(=O)NCCCCCNCCCCCC(=O)OCC. The fourth-order valence-electron chi connectivity index (χ4n) is 2.04. The van der Waals surface area contributed by atoms with Gasteiger partial charge in [0, 0.05) is 13.0 Å². The Morgan fingerprint density at radius 1 is 0.826 bits per heavy atom. The molecule has 23 heavy (non-hydrogen) atoms. The number of esters is 1. The van der Waals surface area contributed by atoms with Gasteiger partial charge < -0.3 is 20.1 Å². The lowest BCUT2D eigenvalue weighted by Gasteiger charge is -2.07. The van der Waals surface area contributed by atoms with Gasteiger partial charge in [-0.15, -0.1) is 0 Å². The van der Waals surface area contributed by atoms with Crippen LogP contribution in [-0.4, -0.2) is 44.9 Å². The first-order valence-electron chi connectivity index (χ1n) is 8.97. The van der Waals surface area contributed by atoms with Crippen LogP contribution in [0.5, 0.6) is 0 Å². The molecule has 0 radical (unpaired) electrons. The normalized spacial score (nSPS) is 10.3. The summed E-state index contributed by atoms with van der Waals surface area (Å²) in [6.07, 6.45) is 7.28. The highest BCUT2D eigenvalue weighted by atomic mass is 16.5. The maximum absolute atomic E-state index is 11.2. The van der Waals surface area contributed by atoms with E-state index in [1.165, 1.54) is 0 Å². The summed E-state index contributed by atoms with van der Waals surface area (Å²) >= 11 is 0. The number of amides is 1. The molecule has 0 aliphatic heterocycles. The lowest BCUT2D eigenvalue weighted by atomic mass is 10.2. The van der Waals surface area contributed by atoms with Crippen LogP contribution in [0.25, 0.3) is 0 Å². The molecular formula is C17H34N2O4. The molecule has 0 saturated heterocycles. The van der Waals surface area contributed by atoms with E-state index >= 15 is 0 Å². The molecule has 6 heteroatoms. The second-order valence-corrected chi connectivity index (χ2v) is 5.49. The van der Waals surface area contributed by atoms with Crippen molar-refractivity contribution in [2.75, 3.05) is 32.8 Å². The van der Waals surface area contributed by atoms with E-state index in [-0.39, 0.29) is 12.1 Å². The van der Waals surface area contributed by atoms with Gasteiger partial charge in [-0.05, 0) is 52.1 Å². The molecule has 0 rings (SSSR count). The van der Waals surface area contributed by atoms with E-state index < -0.39 is 0 Å². The fraction of sp³-hybridized carbons (Fsp3) is 0.882. The lowest BCUT2D eigenvalue weighted by Crippen LogP contribution is -2.25. The van der Waals surface area contributed by atoms with Gasteiger partial charge in [0.1, 0.15) is 0 Å². The van der Waals surface area contributed by atoms with Crippen molar-refractivity contribution in [1.82, 2.24) is 10.6 Å². The van der Waals surface area contributed by atoms with Crippen LogP contribution in [0.3, 0.4) is 0 Å². The van der Waals surface area contributed by atoms with Gasteiger partial charge in [-0.1, -0.05) is 19.8 Å². The molecule has 0 aromatic heterocycles. The van der Waals surface area contributed by atoms with Crippen molar-refractivity contribution in [3.05, 3.63) is 0 Å². The van der Waals surface area contributed by atoms with Crippen molar-refractivity contribution >= 4 is 12.1 Å². The summed E-state index contributed by atoms with van der Waals surface area (Å²) in [5.41, 5.74) is 0. The van der Waals surface area contributed by atoms with E-state index in [0.717, 1.165) is 58.0 Å². The molecule has 0 aliphatic rings. The van der Waals surface area contributed by atoms with Gasteiger partial charge in [-0.25, -0.2) is 4.79 Å². The predicted octanol–water partition coefficient (Wildman–Crippen LogP) is 3.01. The van der Waals surface area contributed by atoms with Crippen LogP contribution < -0.4 is 10.6 Å². The number of hydrogen-bond donors (Lipinski definition) is 2. The quantitative estimate of drug-likeness (QED) is 0.356. The summed E-state index contributed by atoms with van der Waals surface area (Å²) in [6, 6.07) is 0. The minimum Gasteiger partial charge on any atom is -0.466 e. The maximum atomic E-state index is 11.2. The smallest absolute Gasteiger partial charge is 0.407 e. The van der Waals surface area contributed by atoms with Gasteiger partial charge >= 0.3 is 12.1 Å². The molecular weight excluding hydrogens is 296 g/mol. The van der Waals surface area contributed by atoms with Crippen molar-refractivity contribution < 1.29 is 19.1 Å². The van der Waals surface area contributed by atoms with Gasteiger partial charge in [0.25, 0.3) is 0 Å². The summed E-state index contributed by atoms with van der Waals surface area (Å²) in [7, 11) is 0. The van der Waals surface area contributed by atoms with Crippen LogP contribution >= 0.6 is 0 Å². The van der Waals surface area contributed by atoms with E-state index in [4.69, 9.17) is 9.47 Å². The Kier molecular flexibility index (Phi) is 16.1. The molecule has 0 atom stereocenters. The topological polar surface area (TPSA) is 76.7 Å². The Morgan fingerprint density at radius 2 is 1.48 bits per heavy atom. The summed E-state index contributed by atoms with van der Waals surface area (Å²) in [6.45, 7) is 7.42. The number of alkyl carbamates (subject to hydrolysis) is 1. The van der Waals surface area contributed by atoms with Crippen LogP contribution in [0.15, 0.2) is 0 Å². The first kappa shape index (κ1) is 21.7. The molecule has 0 heterocycles. The number of ether oxygens (including phenoxy) is 2. The number of carbonyl (C=O) groups is 2. The Bertz CT molecular complexity index is 298. The van der Waals surface area contributed by atoms with Crippen molar-refractivity contribution in [1.29, 1.82) is 0 Å². The number of carbonyl (C=O) groups excluding carboxylic acids is 2. The Balaban J connectivity index is 3.13. The zero-order valence-electron chi connectivity index (χ0n) is 14.8. The molecule has 0 saturated carbocycles. The van der Waals surface area contributed by atoms with Gasteiger partial charge in [0.15, 0.2) is 0 Å². The molecule has 2 N–H and O–H groups in total. The third kappa shape index (κ3) is 16.9. The number of rotatable bonds is 15. The van der Waals surface area contributed by atoms with E-state index in [0.29, 0.717) is 26.2 Å². The first-order chi connectivity index (χ1) is 11.2. The fourth-order valence-corrected chi connectivity index (χ4v) is 2.04. The second-order valence-electron chi connectivity index (χ2n) is 5.49. The van der Waals surface area contributed by atoms with Gasteiger partial charge in [0.05, 0.1) is 13.2 Å². The summed E-state index contributed by atoms with van der Waals surface area (Å²) in [4.78, 5) is 22.3. The molecule has 0 unspecified atom stereocenters. The Morgan fingerprint density at radius 3 is 2.13 bits per heavy atom. The zero-order chi connectivity index (χ0) is 17.2. The molecule has 0 bridgehead atoms. The van der Waals surface area contributed by atoms with Crippen LogP contribution in [-0.2, 0) is 14.3 Å². The Hall–Kier alpha value is -1.30. The first-order valence-corrected chi connectivity index (χ1v) is 8.97. The largest absolute Gasteiger partial charge is 0.466 e. The van der Waals surface area contributed by atoms with E-state index in [2.05, 4.69) is 10.6 Å². The minimum absolute atomic E-state index is 0.0901. The molecule has 0 aromatic carbocycles. The summed E-state index contributed by atoms with van der Waals surface area (Å²) < 4.78 is 9.80. The summed E-state index contributed by atoms with van der Waals surface area (Å²) in [5.74, 6) is -0.0901. The third-order valence-corrected chi connectivity index (χ3v) is 3.28. The van der Waals surface area contributed by atoms with E-state index in [9.17, 15) is 9.59 Å². The minimum atomic E-state index is -0.312. The zero-order valence-corrected chi connectivity index (χ0v) is 14.8. The lowest BCUT2D eigenvalue weighted by molar-refractivity contribution is -0.143. The van der Waals surface area contributed by atoms with Crippen molar-refractivity contribution in [3.63, 3.8) is 0 Å². The molecule has 0 aromatic rings. The standard InChI is InChI=1S/C17H34N2O4/c1-3-15-23-17(21)19-14-10-6-9-13-18-12-8-5-7-11-16(20)22-4-2/h18H,3-15H2,1-2H3,(H,19,21). The highest BCUT2D eigenvalue weighted by molar-refractivity contribution is 5.69. The molecule has 1 amide bonds. The van der Waals surface area contributed by atoms with Gasteiger partial charge in [-0.2, -0.15) is 0 Å². The molecule has 136 valence electrons. The van der Waals surface area contributed by atoms with Crippen molar-refractivity contribution in [2.24, 2.45) is 0 Å². The average molecular weight is 330 g/mol. The van der Waals surface area contributed by atoms with Crippen molar-refractivity contribution in [3.8, 4) is 0 Å². The molecule has 0 aliphatic carbocycles. The number of unbranched alkanes of at least 4 members (excludes halogenated alkanes) is 4. The summed E-state index contributed by atoms with van der Waals surface area (Å²) in [5, 5.41) is 6.14. The van der Waals surface area contributed by atoms with Gasteiger partial charge in [-0.3, -0.25) is 4.79 Å². The number of hydrogen-bond acceptors (Lipinski definition) is 5. The maximum Gasteiger partial charge on any atom is 0.407 e. The van der Waals surface area contributed by atoms with E-state index in [1.54, 1.807) is 0 Å². The molecule has 0 spiro atoms. The van der Waals surface area contributed by atoms with Crippen LogP contribution in [0.1, 0.15) is 65.2 Å². The monoisotopic (exact) mass is 330 g/mol. The highest BCUT2D eigenvalue weighted by Gasteiger charge is 2.01. The van der Waals surface area contributed by atoms with Gasteiger partial charge in [0.2, 0.25) is 0 Å². The Labute approximate surface area is 140 Å². The predicted molar refractivity (Wildman–Crippen MR) is 91.5 cm³/mol. The number of nitrogens with one attached hydrogen (secondary N) is 2. The van der Waals surface area contributed by atoms with Crippen LogP contribution in [0.2, 0.25) is 0 Å². The molecule has 6 nitrogen and oxygen atoms in total. The molecule has 0 fully saturated rings. The van der Waals surface area contributed by atoms with Crippen molar-refractivity contribution in [2.45, 2.75) is 65.2 Å². The third-order valence-electron chi connectivity index (χ3n) is 3.28. The average Bonchev–Trinajstić information content (AvgIpc) is 2.54. The van der Waals surface area contributed by atoms with Crippen LogP contribution in [0, 0.1) is 0 Å². The highest BCUT2D eigenvalue weighted by Crippen LogP contribution is 2.01.